The zero-order valence-electron chi connectivity index (χ0n) is 30.9. The molecule has 8 rings (SSSR count). The number of fused-ring (bicyclic) bond motifs is 2. The highest BCUT2D eigenvalue weighted by atomic mass is 35.5. The maximum Gasteiger partial charge on any atom is 0.416 e. The van der Waals surface area contributed by atoms with Crippen molar-refractivity contribution in [1.82, 2.24) is 20.6 Å². The Balaban J connectivity index is 0.000000178. The third-order valence-corrected chi connectivity index (χ3v) is 12.0. The molecule has 15 heteroatoms. The summed E-state index contributed by atoms with van der Waals surface area (Å²) in [7, 11) is 0. The number of rotatable bonds is 6. The molecule has 2 saturated heterocycles. The van der Waals surface area contributed by atoms with E-state index in [1.807, 2.05) is 24.4 Å². The maximum absolute atomic E-state index is 13.0. The van der Waals surface area contributed by atoms with Crippen LogP contribution in [0.15, 0.2) is 103 Å². The second kappa shape index (κ2) is 18.0. The SMILES string of the molecule is O=C(NC1CCN(c2ccnc3cc(C(F)(F)F)ccc23)CC1)c1cccc(Cl)c1Cl.O=C(NC1CCN(c2ccnc3ccccc23)CC1)c1cccc(Cl)c1Cl. The fraction of sp³-hybridized carbons (Fsp3) is 0.256. The van der Waals surface area contributed by atoms with Crippen molar-refractivity contribution in [1.29, 1.82) is 0 Å². The second-order valence-corrected chi connectivity index (χ2v) is 15.6. The lowest BCUT2D eigenvalue weighted by Crippen LogP contribution is -2.44. The molecule has 0 saturated carbocycles. The summed E-state index contributed by atoms with van der Waals surface area (Å²) < 4.78 is 39.0. The van der Waals surface area contributed by atoms with Gasteiger partial charge in [0.25, 0.3) is 11.8 Å². The molecule has 2 aromatic heterocycles. The summed E-state index contributed by atoms with van der Waals surface area (Å²) in [6, 6.07) is 25.8. The molecule has 2 aliphatic rings. The zero-order chi connectivity index (χ0) is 41.0. The van der Waals surface area contributed by atoms with Crippen LogP contribution >= 0.6 is 46.4 Å². The highest BCUT2D eigenvalue weighted by molar-refractivity contribution is 6.44. The Morgan fingerprint density at radius 2 is 1.05 bits per heavy atom. The summed E-state index contributed by atoms with van der Waals surface area (Å²) in [4.78, 5) is 38.1. The number of hydrogen-bond donors (Lipinski definition) is 2. The van der Waals surface area contributed by atoms with Crippen LogP contribution in [0, 0.1) is 0 Å². The summed E-state index contributed by atoms with van der Waals surface area (Å²) in [5.74, 6) is -0.449. The minimum absolute atomic E-state index is 0.0382. The molecule has 0 atom stereocenters. The molecule has 0 aliphatic carbocycles. The van der Waals surface area contributed by atoms with Gasteiger partial charge in [0.15, 0.2) is 0 Å². The third-order valence-electron chi connectivity index (χ3n) is 10.4. The van der Waals surface area contributed by atoms with E-state index in [0.717, 1.165) is 54.7 Å². The molecule has 2 aliphatic heterocycles. The predicted molar refractivity (Wildman–Crippen MR) is 227 cm³/mol. The van der Waals surface area contributed by atoms with Crippen molar-refractivity contribution in [3.05, 3.63) is 140 Å². The first-order chi connectivity index (χ1) is 27.9. The fourth-order valence-corrected chi connectivity index (χ4v) is 8.13. The number of para-hydroxylation sites is 1. The summed E-state index contributed by atoms with van der Waals surface area (Å²) in [6.45, 7) is 3.05. The lowest BCUT2D eigenvalue weighted by Gasteiger charge is -2.34. The first-order valence-electron chi connectivity index (χ1n) is 18.7. The molecule has 300 valence electrons. The summed E-state index contributed by atoms with van der Waals surface area (Å²) >= 11 is 24.3. The number of halogens is 7. The van der Waals surface area contributed by atoms with Gasteiger partial charge in [0.1, 0.15) is 0 Å². The molecule has 0 bridgehead atoms. The van der Waals surface area contributed by atoms with E-state index in [9.17, 15) is 22.8 Å². The standard InChI is InChI=1S/C22H18Cl2F3N3O.C21H19Cl2N3O/c23-17-3-1-2-16(20(17)24)21(31)29-14-7-10-30(11-8-14)19-6-9-28-18-12-13(22(25,26)27)4-5-15(18)19;22-17-6-3-5-16(20(17)23)21(27)25-14-9-12-26(13-10-14)19-8-11-24-18-7-2-1-4-15(18)19/h1-6,9,12,14H,7-8,10-11H2,(H,29,31);1-8,11,14H,9-10,12-13H2,(H,25,27). The highest BCUT2D eigenvalue weighted by Crippen LogP contribution is 2.35. The first-order valence-corrected chi connectivity index (χ1v) is 20.2. The average molecular weight is 869 g/mol. The van der Waals surface area contributed by atoms with Crippen LogP contribution in [0.3, 0.4) is 0 Å². The van der Waals surface area contributed by atoms with Gasteiger partial charge < -0.3 is 20.4 Å². The number of piperidine rings is 2. The van der Waals surface area contributed by atoms with Crippen LogP contribution in [-0.4, -0.2) is 60.0 Å². The molecule has 0 spiro atoms. The largest absolute Gasteiger partial charge is 0.416 e. The van der Waals surface area contributed by atoms with Gasteiger partial charge in [-0.05, 0) is 80.3 Å². The number of benzene rings is 4. The highest BCUT2D eigenvalue weighted by Gasteiger charge is 2.31. The second-order valence-electron chi connectivity index (χ2n) is 14.1. The Labute approximate surface area is 353 Å². The monoisotopic (exact) mass is 866 g/mol. The van der Waals surface area contributed by atoms with E-state index >= 15 is 0 Å². The molecular formula is C43H37Cl4F3N6O2. The van der Waals surface area contributed by atoms with Crippen LogP contribution in [0.25, 0.3) is 21.8 Å². The average Bonchev–Trinajstić information content (AvgIpc) is 3.22. The number of nitrogens with zero attached hydrogens (tertiary/aromatic N) is 4. The number of pyridine rings is 2. The van der Waals surface area contributed by atoms with E-state index < -0.39 is 11.7 Å². The van der Waals surface area contributed by atoms with Crippen LogP contribution < -0.4 is 20.4 Å². The van der Waals surface area contributed by atoms with Crippen LogP contribution in [0.1, 0.15) is 52.0 Å². The quantitative estimate of drug-likeness (QED) is 0.173. The van der Waals surface area contributed by atoms with Crippen molar-refractivity contribution in [3.8, 4) is 0 Å². The Kier molecular flexibility index (Phi) is 12.8. The third kappa shape index (κ3) is 9.39. The Hall–Kier alpha value is -4.81. The molecule has 2 fully saturated rings. The van der Waals surface area contributed by atoms with Gasteiger partial charge in [-0.1, -0.05) is 82.8 Å². The van der Waals surface area contributed by atoms with E-state index in [1.165, 1.54) is 18.0 Å². The van der Waals surface area contributed by atoms with E-state index in [4.69, 9.17) is 46.4 Å². The minimum atomic E-state index is -4.41. The van der Waals surface area contributed by atoms with Gasteiger partial charge in [-0.2, -0.15) is 13.2 Å². The van der Waals surface area contributed by atoms with Crippen molar-refractivity contribution in [3.63, 3.8) is 0 Å². The van der Waals surface area contributed by atoms with Crippen molar-refractivity contribution < 1.29 is 22.8 Å². The molecule has 2 N–H and O–H groups in total. The van der Waals surface area contributed by atoms with Crippen LogP contribution in [0.4, 0.5) is 24.5 Å². The summed E-state index contributed by atoms with van der Waals surface area (Å²) in [5.41, 5.74) is 3.37. The van der Waals surface area contributed by atoms with Gasteiger partial charge in [0.2, 0.25) is 0 Å². The van der Waals surface area contributed by atoms with E-state index in [0.29, 0.717) is 63.0 Å². The van der Waals surface area contributed by atoms with E-state index in [1.54, 1.807) is 42.5 Å². The number of carbonyl (C=O) groups is 2. The van der Waals surface area contributed by atoms with Gasteiger partial charge in [-0.15, -0.1) is 0 Å². The van der Waals surface area contributed by atoms with Gasteiger partial charge in [0.05, 0.1) is 47.8 Å². The number of alkyl halides is 3. The van der Waals surface area contributed by atoms with Crippen LogP contribution in [0.2, 0.25) is 20.1 Å². The number of amides is 2. The lowest BCUT2D eigenvalue weighted by atomic mass is 10.0. The molecule has 8 nitrogen and oxygen atoms in total. The summed E-state index contributed by atoms with van der Waals surface area (Å²) in [5, 5.41) is 9.15. The number of aromatic nitrogens is 2. The van der Waals surface area contributed by atoms with E-state index in [-0.39, 0.29) is 28.9 Å². The topological polar surface area (TPSA) is 90.5 Å². The smallest absolute Gasteiger partial charge is 0.371 e. The molecule has 4 heterocycles. The Morgan fingerprint density at radius 3 is 1.55 bits per heavy atom. The molecule has 6 aromatic rings. The fourth-order valence-electron chi connectivity index (χ4n) is 7.36. The van der Waals surface area contributed by atoms with Gasteiger partial charge in [-0.3, -0.25) is 19.6 Å². The van der Waals surface area contributed by atoms with Gasteiger partial charge >= 0.3 is 6.18 Å². The van der Waals surface area contributed by atoms with Crippen molar-refractivity contribution in [2.75, 3.05) is 36.0 Å². The predicted octanol–water partition coefficient (Wildman–Crippen LogP) is 10.9. The number of nitrogens with one attached hydrogen (secondary N) is 2. The van der Waals surface area contributed by atoms with Crippen molar-refractivity contribution >= 4 is 91.4 Å². The minimum Gasteiger partial charge on any atom is -0.371 e. The molecule has 2 amide bonds. The van der Waals surface area contributed by atoms with Gasteiger partial charge in [0, 0.05) is 72.8 Å². The Bertz CT molecular complexity index is 2450. The normalized spacial score (nSPS) is 15.2. The molecule has 0 unspecified atom stereocenters. The summed E-state index contributed by atoms with van der Waals surface area (Å²) in [6.07, 6.45) is 2.09. The van der Waals surface area contributed by atoms with Crippen molar-refractivity contribution in [2.24, 2.45) is 0 Å². The lowest BCUT2D eigenvalue weighted by molar-refractivity contribution is -0.137. The molecule has 58 heavy (non-hydrogen) atoms. The molecule has 4 aromatic carbocycles. The zero-order valence-corrected chi connectivity index (χ0v) is 33.9. The first kappa shape index (κ1) is 41.4. The number of carbonyl (C=O) groups excluding carboxylic acids is 2. The maximum atomic E-state index is 13.0. The van der Waals surface area contributed by atoms with Gasteiger partial charge in [-0.25, -0.2) is 0 Å². The van der Waals surface area contributed by atoms with Crippen molar-refractivity contribution in [2.45, 2.75) is 43.9 Å². The van der Waals surface area contributed by atoms with Crippen LogP contribution in [-0.2, 0) is 6.18 Å². The van der Waals surface area contributed by atoms with Crippen LogP contribution in [0.5, 0.6) is 0 Å². The van der Waals surface area contributed by atoms with E-state index in [2.05, 4.69) is 42.5 Å². The Morgan fingerprint density at radius 1 is 0.586 bits per heavy atom. The molecule has 0 radical (unpaired) electrons. The number of anilines is 2. The molecular weight excluding hydrogens is 831 g/mol. The number of hydrogen-bond acceptors (Lipinski definition) is 6.